The van der Waals surface area contributed by atoms with Crippen molar-refractivity contribution < 1.29 is 0 Å². The van der Waals surface area contributed by atoms with Crippen LogP contribution in [0.5, 0.6) is 0 Å². The minimum atomic E-state index is 0.497. The second kappa shape index (κ2) is 20.7. The smallest absolute Gasteiger partial charge is 0.0320 e. The van der Waals surface area contributed by atoms with E-state index < -0.39 is 0 Å². The van der Waals surface area contributed by atoms with Gasteiger partial charge in [-0.1, -0.05) is 142 Å². The highest BCUT2D eigenvalue weighted by atomic mass is 14.9. The van der Waals surface area contributed by atoms with Gasteiger partial charge in [0.15, 0.2) is 0 Å². The summed E-state index contributed by atoms with van der Waals surface area (Å²) in [5, 5.41) is 7.53. The quantitative estimate of drug-likeness (QED) is 0.174. The molecule has 0 heterocycles. The van der Waals surface area contributed by atoms with Crippen molar-refractivity contribution in [2.75, 3.05) is 13.1 Å². The molecular weight excluding hydrogens is 388 g/mol. The van der Waals surface area contributed by atoms with Crippen molar-refractivity contribution in [1.29, 1.82) is 0 Å². The molecule has 0 bridgehead atoms. The molecule has 2 nitrogen and oxygen atoms in total. The van der Waals surface area contributed by atoms with Gasteiger partial charge in [-0.15, -0.1) is 0 Å². The lowest BCUT2D eigenvalue weighted by molar-refractivity contribution is 0.466. The molecule has 0 aliphatic rings. The first-order valence-corrected chi connectivity index (χ1v) is 14.3. The number of benzene rings is 1. The Morgan fingerprint density at radius 1 is 0.531 bits per heavy atom. The molecule has 0 spiro atoms. The molecule has 186 valence electrons. The summed E-state index contributed by atoms with van der Waals surface area (Å²) in [7, 11) is 0. The van der Waals surface area contributed by atoms with Gasteiger partial charge in [0, 0.05) is 12.1 Å². The van der Waals surface area contributed by atoms with Crippen molar-refractivity contribution in [2.45, 2.75) is 143 Å². The third-order valence-corrected chi connectivity index (χ3v) is 6.81. The van der Waals surface area contributed by atoms with Crippen LogP contribution >= 0.6 is 0 Å². The average Bonchev–Trinajstić information content (AvgIpc) is 2.81. The van der Waals surface area contributed by atoms with E-state index in [1.807, 2.05) is 0 Å². The van der Waals surface area contributed by atoms with E-state index in [0.717, 1.165) is 13.1 Å². The lowest BCUT2D eigenvalue weighted by Crippen LogP contribution is -2.23. The van der Waals surface area contributed by atoms with Crippen LogP contribution in [0.25, 0.3) is 0 Å². The lowest BCUT2D eigenvalue weighted by atomic mass is 9.94. The second-order valence-electron chi connectivity index (χ2n) is 9.71. The molecular formula is C30H56N2. The van der Waals surface area contributed by atoms with Gasteiger partial charge in [0.2, 0.25) is 0 Å². The number of nitrogens with one attached hydrogen (secondary N) is 2. The van der Waals surface area contributed by atoms with E-state index in [2.05, 4.69) is 62.6 Å². The van der Waals surface area contributed by atoms with Crippen molar-refractivity contribution in [2.24, 2.45) is 0 Å². The summed E-state index contributed by atoms with van der Waals surface area (Å²) in [4.78, 5) is 0. The van der Waals surface area contributed by atoms with E-state index in [1.54, 1.807) is 0 Å². The van der Waals surface area contributed by atoms with E-state index in [9.17, 15) is 0 Å². The van der Waals surface area contributed by atoms with Crippen LogP contribution < -0.4 is 10.6 Å². The first-order valence-electron chi connectivity index (χ1n) is 14.3. The van der Waals surface area contributed by atoms with Gasteiger partial charge in [0.05, 0.1) is 0 Å². The first kappa shape index (κ1) is 29.2. The molecule has 0 aromatic heterocycles. The lowest BCUT2D eigenvalue weighted by Gasteiger charge is -2.23. The van der Waals surface area contributed by atoms with Crippen LogP contribution in [0, 0.1) is 0 Å². The third kappa shape index (κ3) is 13.6. The van der Waals surface area contributed by atoms with Crippen molar-refractivity contribution in [3.63, 3.8) is 0 Å². The molecule has 1 aromatic carbocycles. The Labute approximate surface area is 201 Å². The monoisotopic (exact) mass is 444 g/mol. The molecule has 0 fully saturated rings. The molecule has 0 amide bonds. The van der Waals surface area contributed by atoms with E-state index in [4.69, 9.17) is 0 Å². The summed E-state index contributed by atoms with van der Waals surface area (Å²) in [6.07, 6.45) is 21.9. The zero-order chi connectivity index (χ0) is 23.3. The summed E-state index contributed by atoms with van der Waals surface area (Å²) >= 11 is 0. The number of rotatable bonds is 22. The molecule has 0 aliphatic heterocycles. The molecule has 1 aromatic rings. The van der Waals surface area contributed by atoms with Gasteiger partial charge >= 0.3 is 0 Å². The molecule has 0 saturated heterocycles. The molecule has 32 heavy (non-hydrogen) atoms. The molecule has 0 aliphatic carbocycles. The Bertz CT molecular complexity index is 484. The standard InChI is InChI=1S/C30H56N2/c1-5-9-11-13-15-17-19-24-29(31-7-3)27-22-21-23-28(26-27)30(32-8-4)25-20-18-16-14-12-10-6-2/h21-23,26,29-32H,5-20,24-25H2,1-4H3. The maximum absolute atomic E-state index is 3.76. The van der Waals surface area contributed by atoms with Gasteiger partial charge < -0.3 is 10.6 Å². The zero-order valence-electron chi connectivity index (χ0n) is 22.2. The SMILES string of the molecule is CCCCCCCCCC(NCC)c1cccc(C(CCCCCCCCC)NCC)c1. The van der Waals surface area contributed by atoms with Crippen molar-refractivity contribution in [3.8, 4) is 0 Å². The van der Waals surface area contributed by atoms with Crippen LogP contribution in [0.1, 0.15) is 154 Å². The van der Waals surface area contributed by atoms with Crippen LogP contribution in [-0.4, -0.2) is 13.1 Å². The first-order chi connectivity index (χ1) is 15.8. The predicted molar refractivity (Wildman–Crippen MR) is 144 cm³/mol. The summed E-state index contributed by atoms with van der Waals surface area (Å²) in [5.74, 6) is 0. The van der Waals surface area contributed by atoms with Gasteiger partial charge in [0.25, 0.3) is 0 Å². The average molecular weight is 445 g/mol. The largest absolute Gasteiger partial charge is 0.310 e. The minimum Gasteiger partial charge on any atom is -0.310 e. The minimum absolute atomic E-state index is 0.497. The number of hydrogen-bond acceptors (Lipinski definition) is 2. The van der Waals surface area contributed by atoms with E-state index in [0.29, 0.717) is 12.1 Å². The molecule has 0 saturated carbocycles. The van der Waals surface area contributed by atoms with Crippen LogP contribution in [0.15, 0.2) is 24.3 Å². The highest BCUT2D eigenvalue weighted by Gasteiger charge is 2.14. The van der Waals surface area contributed by atoms with Crippen molar-refractivity contribution in [3.05, 3.63) is 35.4 Å². The maximum Gasteiger partial charge on any atom is 0.0320 e. The predicted octanol–water partition coefficient (Wildman–Crippen LogP) is 9.27. The van der Waals surface area contributed by atoms with Crippen LogP contribution in [-0.2, 0) is 0 Å². The molecule has 2 heteroatoms. The fraction of sp³-hybridized carbons (Fsp3) is 0.800. The topological polar surface area (TPSA) is 24.1 Å². The summed E-state index contributed by atoms with van der Waals surface area (Å²) in [6.45, 7) is 11.2. The Balaban J connectivity index is 2.56. The van der Waals surface area contributed by atoms with Crippen molar-refractivity contribution >= 4 is 0 Å². The van der Waals surface area contributed by atoms with Gasteiger partial charge in [-0.3, -0.25) is 0 Å². The summed E-state index contributed by atoms with van der Waals surface area (Å²) in [5.41, 5.74) is 2.97. The van der Waals surface area contributed by atoms with Crippen LogP contribution in [0.4, 0.5) is 0 Å². The molecule has 0 radical (unpaired) electrons. The number of hydrogen-bond donors (Lipinski definition) is 2. The fourth-order valence-electron chi connectivity index (χ4n) is 4.87. The third-order valence-electron chi connectivity index (χ3n) is 6.81. The molecule has 2 N–H and O–H groups in total. The van der Waals surface area contributed by atoms with Gasteiger partial charge in [0.1, 0.15) is 0 Å². The molecule has 2 atom stereocenters. The Hall–Kier alpha value is -0.860. The van der Waals surface area contributed by atoms with E-state index >= 15 is 0 Å². The molecule has 1 rings (SSSR count). The molecule has 2 unspecified atom stereocenters. The zero-order valence-corrected chi connectivity index (χ0v) is 22.2. The fourth-order valence-corrected chi connectivity index (χ4v) is 4.87. The van der Waals surface area contributed by atoms with Gasteiger partial charge in [-0.2, -0.15) is 0 Å². The Morgan fingerprint density at radius 2 is 0.906 bits per heavy atom. The highest BCUT2D eigenvalue weighted by Crippen LogP contribution is 2.26. The Morgan fingerprint density at radius 3 is 1.28 bits per heavy atom. The summed E-state index contributed by atoms with van der Waals surface area (Å²) < 4.78 is 0. The van der Waals surface area contributed by atoms with Crippen LogP contribution in [0.2, 0.25) is 0 Å². The maximum atomic E-state index is 3.76. The second-order valence-corrected chi connectivity index (χ2v) is 9.71. The highest BCUT2D eigenvalue weighted by molar-refractivity contribution is 5.28. The number of unbranched alkanes of at least 4 members (excludes halogenated alkanes) is 12. The van der Waals surface area contributed by atoms with Crippen LogP contribution in [0.3, 0.4) is 0 Å². The van der Waals surface area contributed by atoms with Crippen molar-refractivity contribution in [1.82, 2.24) is 10.6 Å². The normalized spacial score (nSPS) is 13.4. The van der Waals surface area contributed by atoms with Gasteiger partial charge in [-0.05, 0) is 37.1 Å². The van der Waals surface area contributed by atoms with E-state index in [-0.39, 0.29) is 0 Å². The summed E-state index contributed by atoms with van der Waals surface area (Å²) in [6, 6.07) is 10.5. The van der Waals surface area contributed by atoms with Gasteiger partial charge in [-0.25, -0.2) is 0 Å². The Kier molecular flexibility index (Phi) is 18.9. The van der Waals surface area contributed by atoms with E-state index in [1.165, 1.54) is 114 Å².